The standard InChI is InChI=1S/C14H17NO4S/c16-14(17)15-8-10-6-13(7-11(10)9-15)20(18,19)12-4-2-1-3-5-12/h1-5,10-11,13H,6-9H2,(H,16,17)/t10-,11+,13?. The third-order valence-electron chi connectivity index (χ3n) is 4.49. The number of likely N-dealkylation sites (tertiary alicyclic amines) is 1. The van der Waals surface area contributed by atoms with Crippen molar-refractivity contribution in [3.63, 3.8) is 0 Å². The van der Waals surface area contributed by atoms with E-state index in [9.17, 15) is 13.2 Å². The number of hydrogen-bond donors (Lipinski definition) is 1. The highest BCUT2D eigenvalue weighted by atomic mass is 32.2. The molecule has 1 aliphatic heterocycles. The minimum atomic E-state index is -3.28. The monoisotopic (exact) mass is 295 g/mol. The van der Waals surface area contributed by atoms with Gasteiger partial charge in [0, 0.05) is 13.1 Å². The van der Waals surface area contributed by atoms with Gasteiger partial charge in [-0.05, 0) is 36.8 Å². The van der Waals surface area contributed by atoms with Crippen molar-refractivity contribution in [1.29, 1.82) is 0 Å². The van der Waals surface area contributed by atoms with Crippen molar-refractivity contribution in [2.24, 2.45) is 11.8 Å². The summed E-state index contributed by atoms with van der Waals surface area (Å²) < 4.78 is 25.1. The van der Waals surface area contributed by atoms with Gasteiger partial charge in [0.2, 0.25) is 0 Å². The summed E-state index contributed by atoms with van der Waals surface area (Å²) in [6, 6.07) is 8.52. The van der Waals surface area contributed by atoms with Crippen LogP contribution in [-0.2, 0) is 9.84 Å². The molecule has 1 amide bonds. The van der Waals surface area contributed by atoms with Crippen molar-refractivity contribution in [3.8, 4) is 0 Å². The highest BCUT2D eigenvalue weighted by Crippen LogP contribution is 2.42. The summed E-state index contributed by atoms with van der Waals surface area (Å²) in [6.07, 6.45) is 0.249. The lowest BCUT2D eigenvalue weighted by molar-refractivity contribution is 0.152. The van der Waals surface area contributed by atoms with Crippen LogP contribution in [0.2, 0.25) is 0 Å². The van der Waals surface area contributed by atoms with E-state index in [1.165, 1.54) is 4.90 Å². The number of benzene rings is 1. The molecule has 2 fully saturated rings. The predicted molar refractivity (Wildman–Crippen MR) is 73.2 cm³/mol. The second-order valence-electron chi connectivity index (χ2n) is 5.66. The van der Waals surface area contributed by atoms with Crippen molar-refractivity contribution in [2.75, 3.05) is 13.1 Å². The van der Waals surface area contributed by atoms with Crippen molar-refractivity contribution in [2.45, 2.75) is 23.0 Å². The number of rotatable bonds is 2. The largest absolute Gasteiger partial charge is 0.465 e. The molecule has 5 nitrogen and oxygen atoms in total. The molecule has 1 saturated carbocycles. The average molecular weight is 295 g/mol. The molecule has 1 aliphatic carbocycles. The van der Waals surface area contributed by atoms with Crippen molar-refractivity contribution in [3.05, 3.63) is 30.3 Å². The normalized spacial score (nSPS) is 29.4. The third-order valence-corrected chi connectivity index (χ3v) is 6.68. The molecule has 3 atom stereocenters. The van der Waals surface area contributed by atoms with E-state index in [0.29, 0.717) is 30.8 Å². The van der Waals surface area contributed by atoms with Crippen molar-refractivity contribution < 1.29 is 18.3 Å². The lowest BCUT2D eigenvalue weighted by atomic mass is 10.0. The number of fused-ring (bicyclic) bond motifs is 1. The topological polar surface area (TPSA) is 74.7 Å². The van der Waals surface area contributed by atoms with Gasteiger partial charge in [-0.15, -0.1) is 0 Å². The molecule has 1 unspecified atom stereocenters. The lowest BCUT2D eigenvalue weighted by Crippen LogP contribution is -2.29. The molecule has 6 heteroatoms. The fourth-order valence-electron chi connectivity index (χ4n) is 3.46. The van der Waals surface area contributed by atoms with Crippen LogP contribution in [0.4, 0.5) is 4.79 Å². The average Bonchev–Trinajstić information content (AvgIpc) is 2.98. The molecule has 0 aromatic heterocycles. The number of hydrogen-bond acceptors (Lipinski definition) is 3. The maximum absolute atomic E-state index is 12.6. The van der Waals surface area contributed by atoms with Crippen LogP contribution in [0.3, 0.4) is 0 Å². The first-order valence-corrected chi connectivity index (χ1v) is 8.30. The Labute approximate surface area is 118 Å². The molecule has 0 spiro atoms. The van der Waals surface area contributed by atoms with E-state index in [2.05, 4.69) is 0 Å². The number of amides is 1. The van der Waals surface area contributed by atoms with Crippen LogP contribution in [0.15, 0.2) is 35.2 Å². The summed E-state index contributed by atoms with van der Waals surface area (Å²) >= 11 is 0. The quantitative estimate of drug-likeness (QED) is 0.903. The van der Waals surface area contributed by atoms with Crippen LogP contribution >= 0.6 is 0 Å². The first-order chi connectivity index (χ1) is 9.48. The Kier molecular flexibility index (Phi) is 3.20. The first kappa shape index (κ1) is 13.4. The summed E-state index contributed by atoms with van der Waals surface area (Å²) in [5, 5.41) is 8.61. The Bertz CT molecular complexity index is 599. The van der Waals surface area contributed by atoms with Gasteiger partial charge in [0.25, 0.3) is 0 Å². The molecule has 1 saturated heterocycles. The summed E-state index contributed by atoms with van der Waals surface area (Å²) in [6.45, 7) is 0.946. The second-order valence-corrected chi connectivity index (χ2v) is 7.89. The molecule has 108 valence electrons. The minimum absolute atomic E-state index is 0.189. The van der Waals surface area contributed by atoms with E-state index in [1.54, 1.807) is 30.3 Å². The minimum Gasteiger partial charge on any atom is -0.465 e. The van der Waals surface area contributed by atoms with E-state index in [0.717, 1.165) is 0 Å². The van der Waals surface area contributed by atoms with Gasteiger partial charge in [0.1, 0.15) is 0 Å². The van der Waals surface area contributed by atoms with Gasteiger partial charge in [-0.2, -0.15) is 0 Å². The Morgan fingerprint density at radius 1 is 1.10 bits per heavy atom. The van der Waals surface area contributed by atoms with Crippen LogP contribution in [0.5, 0.6) is 0 Å². The maximum Gasteiger partial charge on any atom is 0.407 e. The van der Waals surface area contributed by atoms with Gasteiger partial charge in [-0.1, -0.05) is 18.2 Å². The van der Waals surface area contributed by atoms with Gasteiger partial charge in [0.05, 0.1) is 10.1 Å². The molecule has 1 heterocycles. The number of sulfone groups is 1. The third kappa shape index (κ3) is 2.18. The Morgan fingerprint density at radius 3 is 2.15 bits per heavy atom. The molecule has 2 aliphatic rings. The van der Waals surface area contributed by atoms with Gasteiger partial charge in [-0.3, -0.25) is 0 Å². The molecule has 20 heavy (non-hydrogen) atoms. The Balaban J connectivity index is 1.75. The molecule has 0 radical (unpaired) electrons. The zero-order valence-electron chi connectivity index (χ0n) is 11.0. The van der Waals surface area contributed by atoms with E-state index in [-0.39, 0.29) is 17.1 Å². The highest BCUT2D eigenvalue weighted by molar-refractivity contribution is 7.92. The van der Waals surface area contributed by atoms with Crippen LogP contribution in [0.25, 0.3) is 0 Å². The van der Waals surface area contributed by atoms with Gasteiger partial charge < -0.3 is 10.0 Å². The van der Waals surface area contributed by atoms with Crippen LogP contribution in [0.1, 0.15) is 12.8 Å². The Morgan fingerprint density at radius 2 is 1.65 bits per heavy atom. The molecule has 1 aromatic carbocycles. The smallest absolute Gasteiger partial charge is 0.407 e. The summed E-state index contributed by atoms with van der Waals surface area (Å²) in [7, 11) is -3.28. The van der Waals surface area contributed by atoms with Crippen LogP contribution < -0.4 is 0 Å². The summed E-state index contributed by atoms with van der Waals surface area (Å²) in [4.78, 5) is 12.7. The zero-order valence-corrected chi connectivity index (χ0v) is 11.8. The van der Waals surface area contributed by atoms with Crippen molar-refractivity contribution in [1.82, 2.24) is 4.90 Å². The molecular formula is C14H17NO4S. The molecule has 3 rings (SSSR count). The molecular weight excluding hydrogens is 278 g/mol. The number of carbonyl (C=O) groups is 1. The number of nitrogens with zero attached hydrogens (tertiary/aromatic N) is 1. The van der Waals surface area contributed by atoms with Crippen molar-refractivity contribution >= 4 is 15.9 Å². The lowest BCUT2D eigenvalue weighted by Gasteiger charge is -2.16. The van der Waals surface area contributed by atoms with Gasteiger partial charge in [-0.25, -0.2) is 13.2 Å². The summed E-state index contributed by atoms with van der Waals surface area (Å²) in [5.41, 5.74) is 0. The fourth-order valence-corrected chi connectivity index (χ4v) is 5.38. The van der Waals surface area contributed by atoms with E-state index < -0.39 is 15.9 Å². The molecule has 1 aromatic rings. The van der Waals surface area contributed by atoms with Gasteiger partial charge >= 0.3 is 6.09 Å². The first-order valence-electron chi connectivity index (χ1n) is 6.75. The molecule has 0 bridgehead atoms. The maximum atomic E-state index is 12.6. The van der Waals surface area contributed by atoms with E-state index >= 15 is 0 Å². The second kappa shape index (κ2) is 4.77. The molecule has 1 N–H and O–H groups in total. The predicted octanol–water partition coefficient (Wildman–Crippen LogP) is 1.85. The van der Waals surface area contributed by atoms with E-state index in [4.69, 9.17) is 5.11 Å². The Hall–Kier alpha value is -1.56. The SMILES string of the molecule is O=C(O)N1C[C@H]2CC(S(=O)(=O)c3ccccc3)C[C@H]2C1. The van der Waals surface area contributed by atoms with Gasteiger partial charge in [0.15, 0.2) is 9.84 Å². The van der Waals surface area contributed by atoms with Crippen LogP contribution in [-0.4, -0.2) is 42.9 Å². The fraction of sp³-hybridized carbons (Fsp3) is 0.500. The zero-order chi connectivity index (χ0) is 14.3. The van der Waals surface area contributed by atoms with Crippen LogP contribution in [0, 0.1) is 11.8 Å². The summed E-state index contributed by atoms with van der Waals surface area (Å²) in [5.74, 6) is 0.379. The highest BCUT2D eigenvalue weighted by Gasteiger charge is 2.46. The number of carboxylic acid groups (broad SMARTS) is 1. The van der Waals surface area contributed by atoms with E-state index in [1.807, 2.05) is 0 Å².